The second-order valence-corrected chi connectivity index (χ2v) is 5.23. The summed E-state index contributed by atoms with van der Waals surface area (Å²) in [4.78, 5) is 11.0. The van der Waals surface area contributed by atoms with E-state index in [1.807, 2.05) is 13.0 Å². The number of carbonyl (C=O) groups is 1. The molecule has 0 fully saturated rings. The van der Waals surface area contributed by atoms with E-state index in [1.54, 1.807) is 18.2 Å². The van der Waals surface area contributed by atoms with Crippen molar-refractivity contribution in [2.24, 2.45) is 0 Å². The number of benzene rings is 1. The van der Waals surface area contributed by atoms with Crippen molar-refractivity contribution in [1.82, 2.24) is 4.72 Å². The highest BCUT2D eigenvalue weighted by molar-refractivity contribution is 8.12. The molecule has 0 spiro atoms. The highest BCUT2D eigenvalue weighted by Gasteiger charge is 2.12. The highest BCUT2D eigenvalue weighted by Crippen LogP contribution is 2.13. The van der Waals surface area contributed by atoms with E-state index in [2.05, 4.69) is 0 Å². The van der Waals surface area contributed by atoms with Gasteiger partial charge in [0.2, 0.25) is 0 Å². The Morgan fingerprint density at radius 1 is 1.50 bits per heavy atom. The van der Waals surface area contributed by atoms with Crippen molar-refractivity contribution >= 4 is 26.0 Å². The molecule has 88 valence electrons. The summed E-state index contributed by atoms with van der Waals surface area (Å²) in [7, 11) is 0.702. The quantitative estimate of drug-likeness (QED) is 0.845. The Morgan fingerprint density at radius 3 is 2.75 bits per heavy atom. The molecule has 1 aromatic rings. The van der Waals surface area contributed by atoms with E-state index in [0.717, 1.165) is 12.0 Å². The molecule has 0 unspecified atom stereocenters. The third-order valence-electron chi connectivity index (χ3n) is 1.72. The van der Waals surface area contributed by atoms with Crippen molar-refractivity contribution in [2.75, 3.05) is 0 Å². The number of carbonyl (C=O) groups excluding carboxylic acids is 1. The first kappa shape index (κ1) is 12.8. The fourth-order valence-electron chi connectivity index (χ4n) is 1.06. The average molecular weight is 264 g/mol. The molecule has 0 aliphatic heterocycles. The van der Waals surface area contributed by atoms with E-state index in [-0.39, 0.29) is 5.75 Å². The van der Waals surface area contributed by atoms with Crippen LogP contribution in [0.25, 0.3) is 0 Å². The van der Waals surface area contributed by atoms with E-state index in [9.17, 15) is 13.2 Å². The van der Waals surface area contributed by atoms with Gasteiger partial charge < -0.3 is 4.74 Å². The molecule has 1 N–H and O–H groups in total. The van der Waals surface area contributed by atoms with Gasteiger partial charge in [0.1, 0.15) is 5.75 Å². The molecular weight excluding hydrogens is 254 g/mol. The van der Waals surface area contributed by atoms with Crippen molar-refractivity contribution in [3.8, 4) is 5.75 Å². The maximum atomic E-state index is 11.0. The Morgan fingerprint density at radius 2 is 2.19 bits per heavy atom. The monoisotopic (exact) mass is 263 g/mol. The van der Waals surface area contributed by atoms with Crippen LogP contribution >= 0.6 is 10.7 Å². The summed E-state index contributed by atoms with van der Waals surface area (Å²) in [6.07, 6.45) is -0.352. The summed E-state index contributed by atoms with van der Waals surface area (Å²) in [5.74, 6) is 0.261. The third kappa shape index (κ3) is 4.50. The largest absolute Gasteiger partial charge is 0.427 e. The number of nitrogens with one attached hydrogen (secondary N) is 1. The molecule has 1 rings (SSSR count). The molecular formula is C9H10ClNO4S. The van der Waals surface area contributed by atoms with Crippen LogP contribution in [-0.2, 0) is 15.7 Å². The van der Waals surface area contributed by atoms with E-state index in [0.29, 0.717) is 0 Å². The van der Waals surface area contributed by atoms with Crippen molar-refractivity contribution in [2.45, 2.75) is 13.3 Å². The smallest absolute Gasteiger partial charge is 0.410 e. The van der Waals surface area contributed by atoms with Crippen LogP contribution in [-0.4, -0.2) is 14.5 Å². The summed E-state index contributed by atoms with van der Waals surface area (Å²) in [5.41, 5.74) is 0.971. The average Bonchev–Trinajstić information content (AvgIpc) is 2.15. The van der Waals surface area contributed by atoms with Gasteiger partial charge in [-0.15, -0.1) is 0 Å². The van der Waals surface area contributed by atoms with Crippen LogP contribution in [0.2, 0.25) is 0 Å². The van der Waals surface area contributed by atoms with Gasteiger partial charge in [-0.25, -0.2) is 9.52 Å². The first-order chi connectivity index (χ1) is 7.40. The Balaban J connectivity index is 2.70. The van der Waals surface area contributed by atoms with Crippen LogP contribution in [0.5, 0.6) is 5.75 Å². The van der Waals surface area contributed by atoms with Crippen LogP contribution in [0.1, 0.15) is 12.5 Å². The number of hydrogen-bond donors (Lipinski definition) is 1. The van der Waals surface area contributed by atoms with Gasteiger partial charge in [-0.2, -0.15) is 8.42 Å². The molecule has 0 heterocycles. The Bertz CT molecular complexity index is 486. The Labute approximate surface area is 97.9 Å². The topological polar surface area (TPSA) is 72.5 Å². The molecule has 16 heavy (non-hydrogen) atoms. The molecule has 0 saturated heterocycles. The second-order valence-electron chi connectivity index (χ2n) is 2.93. The van der Waals surface area contributed by atoms with E-state index in [4.69, 9.17) is 15.4 Å². The predicted octanol–water partition coefficient (Wildman–Crippen LogP) is 1.82. The maximum Gasteiger partial charge on any atom is 0.427 e. The summed E-state index contributed by atoms with van der Waals surface area (Å²) < 4.78 is 27.2. The van der Waals surface area contributed by atoms with Crippen LogP contribution in [0.15, 0.2) is 24.3 Å². The fraction of sp³-hybridized carbons (Fsp3) is 0.222. The SMILES string of the molecule is CCc1cccc(OC(=O)NS(=O)(=O)Cl)c1. The zero-order valence-corrected chi connectivity index (χ0v) is 10.0. The summed E-state index contributed by atoms with van der Waals surface area (Å²) in [6.45, 7) is 1.95. The van der Waals surface area contributed by atoms with Crippen LogP contribution in [0.4, 0.5) is 4.79 Å². The standard InChI is InChI=1S/C9H10ClNO4S/c1-2-7-4-3-5-8(6-7)15-9(12)11-16(10,13)14/h3-6H,2H2,1H3,(H,11,12). The third-order valence-corrected chi connectivity index (χ3v) is 2.36. The lowest BCUT2D eigenvalue weighted by Gasteiger charge is -2.05. The molecule has 0 aliphatic rings. The number of halogens is 1. The molecule has 7 heteroatoms. The predicted molar refractivity (Wildman–Crippen MR) is 59.8 cm³/mol. The lowest BCUT2D eigenvalue weighted by molar-refractivity contribution is 0.207. The molecule has 0 aliphatic carbocycles. The normalized spacial score (nSPS) is 10.9. The minimum atomic E-state index is -4.11. The molecule has 1 amide bonds. The zero-order chi connectivity index (χ0) is 12.2. The van der Waals surface area contributed by atoms with Gasteiger partial charge >= 0.3 is 15.3 Å². The van der Waals surface area contributed by atoms with Gasteiger partial charge in [-0.3, -0.25) is 0 Å². The minimum absolute atomic E-state index is 0.261. The van der Waals surface area contributed by atoms with Gasteiger partial charge in [0.15, 0.2) is 0 Å². The molecule has 1 aromatic carbocycles. The van der Waals surface area contributed by atoms with Crippen LogP contribution in [0, 0.1) is 0 Å². The summed E-state index contributed by atoms with van der Waals surface area (Å²) in [5, 5.41) is 0. The van der Waals surface area contributed by atoms with Crippen molar-refractivity contribution in [1.29, 1.82) is 0 Å². The second kappa shape index (κ2) is 5.18. The summed E-state index contributed by atoms with van der Waals surface area (Å²) in [6, 6.07) is 6.75. The molecule has 5 nitrogen and oxygen atoms in total. The first-order valence-corrected chi connectivity index (χ1v) is 6.75. The molecule has 0 radical (unpaired) electrons. The lowest BCUT2D eigenvalue weighted by atomic mass is 10.2. The maximum absolute atomic E-state index is 11.0. The number of hydrogen-bond acceptors (Lipinski definition) is 4. The molecule has 0 saturated carbocycles. The number of amides is 1. The number of ether oxygens (including phenoxy) is 1. The van der Waals surface area contributed by atoms with Gasteiger partial charge in [-0.1, -0.05) is 19.1 Å². The van der Waals surface area contributed by atoms with E-state index in [1.165, 1.54) is 4.72 Å². The first-order valence-electron chi connectivity index (χ1n) is 4.44. The fourth-order valence-corrected chi connectivity index (χ4v) is 1.49. The van der Waals surface area contributed by atoms with E-state index >= 15 is 0 Å². The van der Waals surface area contributed by atoms with Gasteiger partial charge in [0, 0.05) is 10.7 Å². The Kier molecular flexibility index (Phi) is 4.14. The number of aryl methyl sites for hydroxylation is 1. The van der Waals surface area contributed by atoms with Crippen LogP contribution < -0.4 is 9.46 Å². The van der Waals surface area contributed by atoms with Gasteiger partial charge in [0.25, 0.3) is 0 Å². The molecule has 0 atom stereocenters. The van der Waals surface area contributed by atoms with Gasteiger partial charge in [0.05, 0.1) is 0 Å². The molecule has 0 aromatic heterocycles. The summed E-state index contributed by atoms with van der Waals surface area (Å²) >= 11 is 0. The molecule has 0 bridgehead atoms. The van der Waals surface area contributed by atoms with Crippen molar-refractivity contribution in [3.05, 3.63) is 29.8 Å². The van der Waals surface area contributed by atoms with Crippen LogP contribution in [0.3, 0.4) is 0 Å². The minimum Gasteiger partial charge on any atom is -0.410 e. The van der Waals surface area contributed by atoms with Gasteiger partial charge in [-0.05, 0) is 24.1 Å². The number of rotatable bonds is 3. The lowest BCUT2D eigenvalue weighted by Crippen LogP contribution is -2.29. The van der Waals surface area contributed by atoms with Crippen molar-refractivity contribution < 1.29 is 17.9 Å². The highest BCUT2D eigenvalue weighted by atomic mass is 35.7. The Hall–Kier alpha value is -1.27. The van der Waals surface area contributed by atoms with E-state index < -0.39 is 15.3 Å². The van der Waals surface area contributed by atoms with Crippen molar-refractivity contribution in [3.63, 3.8) is 0 Å². The zero-order valence-electron chi connectivity index (χ0n) is 8.44.